The molecule has 2 aliphatic carbocycles. The Bertz CT molecular complexity index is 350. The highest BCUT2D eigenvalue weighted by Crippen LogP contribution is 2.44. The van der Waals surface area contributed by atoms with Crippen LogP contribution in [-0.4, -0.2) is 48.3 Å². The average molecular weight is 292 g/mol. The molecule has 0 amide bonds. The third-order valence-electron chi connectivity index (χ3n) is 6.80. The zero-order valence-corrected chi connectivity index (χ0v) is 13.5. The second-order valence-electron chi connectivity index (χ2n) is 8.04. The number of hydrogen-bond acceptors (Lipinski definition) is 3. The van der Waals surface area contributed by atoms with Crippen molar-refractivity contribution in [3.63, 3.8) is 0 Å². The Balaban J connectivity index is 1.52. The van der Waals surface area contributed by atoms with E-state index in [-0.39, 0.29) is 5.60 Å². The first-order valence-electron chi connectivity index (χ1n) is 9.44. The van der Waals surface area contributed by atoms with Gasteiger partial charge in [0.05, 0.1) is 5.60 Å². The van der Waals surface area contributed by atoms with E-state index in [1.807, 2.05) is 0 Å². The molecule has 4 fully saturated rings. The molecule has 3 nitrogen and oxygen atoms in total. The minimum absolute atomic E-state index is 0.268. The van der Waals surface area contributed by atoms with Gasteiger partial charge in [-0.2, -0.15) is 0 Å². The Morgan fingerprint density at radius 1 is 0.952 bits per heavy atom. The molecule has 0 aromatic heterocycles. The maximum Gasteiger partial charge on any atom is 0.0697 e. The van der Waals surface area contributed by atoms with Crippen LogP contribution in [0, 0.1) is 0 Å². The van der Waals surface area contributed by atoms with Gasteiger partial charge in [0.25, 0.3) is 0 Å². The third kappa shape index (κ3) is 2.66. The van der Waals surface area contributed by atoms with Crippen molar-refractivity contribution in [2.75, 3.05) is 26.2 Å². The first-order valence-corrected chi connectivity index (χ1v) is 9.44. The molecule has 4 rings (SSSR count). The van der Waals surface area contributed by atoms with Crippen LogP contribution in [0.15, 0.2) is 0 Å². The van der Waals surface area contributed by atoms with Crippen molar-refractivity contribution in [1.29, 1.82) is 0 Å². The maximum atomic E-state index is 6.28. The van der Waals surface area contributed by atoms with Gasteiger partial charge in [0.15, 0.2) is 0 Å². The average Bonchev–Trinajstić information content (AvgIpc) is 2.96. The van der Waals surface area contributed by atoms with Crippen LogP contribution in [0.2, 0.25) is 0 Å². The standard InChI is InChI=1S/C18H32N2O/c1-2-7-17(8-3-1)15-19-11-12-20(17)16-6-13-21-18(14-16)9-4-5-10-18/h16,19H,1-15H2. The van der Waals surface area contributed by atoms with Crippen molar-refractivity contribution in [3.8, 4) is 0 Å². The molecular weight excluding hydrogens is 260 g/mol. The van der Waals surface area contributed by atoms with Crippen molar-refractivity contribution in [3.05, 3.63) is 0 Å². The van der Waals surface area contributed by atoms with Gasteiger partial charge >= 0.3 is 0 Å². The lowest BCUT2D eigenvalue weighted by molar-refractivity contribution is -0.125. The molecule has 3 heteroatoms. The van der Waals surface area contributed by atoms with Crippen LogP contribution < -0.4 is 5.32 Å². The van der Waals surface area contributed by atoms with Gasteiger partial charge in [0.2, 0.25) is 0 Å². The molecule has 21 heavy (non-hydrogen) atoms. The summed E-state index contributed by atoms with van der Waals surface area (Å²) < 4.78 is 6.28. The number of rotatable bonds is 1. The Morgan fingerprint density at radius 2 is 1.71 bits per heavy atom. The van der Waals surface area contributed by atoms with Crippen LogP contribution in [-0.2, 0) is 4.74 Å². The van der Waals surface area contributed by atoms with Crippen LogP contribution in [0.5, 0.6) is 0 Å². The van der Waals surface area contributed by atoms with E-state index in [4.69, 9.17) is 4.74 Å². The van der Waals surface area contributed by atoms with E-state index in [1.54, 1.807) is 0 Å². The molecule has 1 atom stereocenters. The van der Waals surface area contributed by atoms with Gasteiger partial charge in [-0.3, -0.25) is 4.90 Å². The van der Waals surface area contributed by atoms with E-state index < -0.39 is 0 Å². The van der Waals surface area contributed by atoms with Crippen LogP contribution >= 0.6 is 0 Å². The molecule has 0 aromatic carbocycles. The van der Waals surface area contributed by atoms with Crippen molar-refractivity contribution in [2.24, 2.45) is 0 Å². The van der Waals surface area contributed by atoms with Crippen LogP contribution in [0.1, 0.15) is 70.6 Å². The van der Waals surface area contributed by atoms with Crippen molar-refractivity contribution >= 4 is 0 Å². The van der Waals surface area contributed by atoms with E-state index in [0.29, 0.717) is 5.54 Å². The highest BCUT2D eigenvalue weighted by molar-refractivity contribution is 5.03. The van der Waals surface area contributed by atoms with E-state index in [2.05, 4.69) is 10.2 Å². The molecule has 1 unspecified atom stereocenters. The molecule has 2 saturated heterocycles. The van der Waals surface area contributed by atoms with Crippen molar-refractivity contribution < 1.29 is 4.74 Å². The highest BCUT2D eigenvalue weighted by atomic mass is 16.5. The number of ether oxygens (including phenoxy) is 1. The molecule has 0 bridgehead atoms. The Hall–Kier alpha value is -0.120. The molecule has 2 saturated carbocycles. The largest absolute Gasteiger partial charge is 0.375 e. The van der Waals surface area contributed by atoms with E-state index in [0.717, 1.165) is 12.6 Å². The number of hydrogen-bond donors (Lipinski definition) is 1. The topological polar surface area (TPSA) is 24.5 Å². The van der Waals surface area contributed by atoms with Crippen LogP contribution in [0.25, 0.3) is 0 Å². The first-order chi connectivity index (χ1) is 10.3. The maximum absolute atomic E-state index is 6.28. The summed E-state index contributed by atoms with van der Waals surface area (Å²) in [5.41, 5.74) is 0.752. The lowest BCUT2D eigenvalue weighted by Crippen LogP contribution is -2.66. The number of piperazine rings is 1. The molecule has 1 N–H and O–H groups in total. The SMILES string of the molecule is C1CCC2(CC1)CNCCN2C1CCOC2(CCCC2)C1. The van der Waals surface area contributed by atoms with Gasteiger partial charge in [-0.25, -0.2) is 0 Å². The fourth-order valence-electron chi connectivity index (χ4n) is 5.74. The molecule has 2 aliphatic heterocycles. The predicted octanol–water partition coefficient (Wildman–Crippen LogP) is 3.09. The summed E-state index contributed by atoms with van der Waals surface area (Å²) in [6.07, 6.45) is 15.2. The minimum Gasteiger partial charge on any atom is -0.375 e. The molecule has 0 radical (unpaired) electrons. The van der Waals surface area contributed by atoms with Gasteiger partial charge in [-0.15, -0.1) is 0 Å². The van der Waals surface area contributed by atoms with Crippen LogP contribution in [0.3, 0.4) is 0 Å². The first kappa shape index (κ1) is 14.5. The van der Waals surface area contributed by atoms with Gasteiger partial charge in [-0.05, 0) is 38.5 Å². The second kappa shape index (κ2) is 5.82. The summed E-state index contributed by atoms with van der Waals surface area (Å²) in [6.45, 7) is 4.69. The Morgan fingerprint density at radius 3 is 2.52 bits per heavy atom. The molecule has 2 spiro atoms. The zero-order chi connectivity index (χ0) is 14.2. The third-order valence-corrected chi connectivity index (χ3v) is 6.80. The van der Waals surface area contributed by atoms with E-state index in [1.165, 1.54) is 90.3 Å². The molecular formula is C18H32N2O. The summed E-state index contributed by atoms with van der Waals surface area (Å²) >= 11 is 0. The Kier molecular flexibility index (Phi) is 4.01. The number of nitrogens with one attached hydrogen (secondary N) is 1. The summed E-state index contributed by atoms with van der Waals surface area (Å²) in [6, 6.07) is 0.789. The fourth-order valence-corrected chi connectivity index (χ4v) is 5.74. The number of nitrogens with zero attached hydrogens (tertiary/aromatic N) is 1. The quantitative estimate of drug-likeness (QED) is 0.804. The second-order valence-corrected chi connectivity index (χ2v) is 8.04. The minimum atomic E-state index is 0.268. The monoisotopic (exact) mass is 292 g/mol. The Labute approximate surface area is 129 Å². The van der Waals surface area contributed by atoms with Gasteiger partial charge in [0, 0.05) is 37.8 Å². The summed E-state index contributed by atoms with van der Waals surface area (Å²) in [7, 11) is 0. The lowest BCUT2D eigenvalue weighted by atomic mass is 9.76. The van der Waals surface area contributed by atoms with Gasteiger partial charge in [-0.1, -0.05) is 32.1 Å². The fraction of sp³-hybridized carbons (Fsp3) is 1.00. The van der Waals surface area contributed by atoms with Crippen molar-refractivity contribution in [2.45, 2.75) is 87.8 Å². The lowest BCUT2D eigenvalue weighted by Gasteiger charge is -2.55. The van der Waals surface area contributed by atoms with E-state index in [9.17, 15) is 0 Å². The van der Waals surface area contributed by atoms with E-state index >= 15 is 0 Å². The smallest absolute Gasteiger partial charge is 0.0697 e. The predicted molar refractivity (Wildman–Crippen MR) is 85.6 cm³/mol. The zero-order valence-electron chi connectivity index (χ0n) is 13.5. The molecule has 2 heterocycles. The molecule has 120 valence electrons. The summed E-state index contributed by atoms with van der Waals surface area (Å²) in [5, 5.41) is 3.70. The summed E-state index contributed by atoms with van der Waals surface area (Å²) in [4.78, 5) is 2.95. The van der Waals surface area contributed by atoms with Crippen LogP contribution in [0.4, 0.5) is 0 Å². The molecule has 0 aromatic rings. The van der Waals surface area contributed by atoms with Gasteiger partial charge < -0.3 is 10.1 Å². The van der Waals surface area contributed by atoms with Crippen molar-refractivity contribution in [1.82, 2.24) is 10.2 Å². The highest BCUT2D eigenvalue weighted by Gasteiger charge is 2.47. The van der Waals surface area contributed by atoms with Gasteiger partial charge in [0.1, 0.15) is 0 Å². The normalized spacial score (nSPS) is 36.3. The summed E-state index contributed by atoms with van der Waals surface area (Å²) in [5.74, 6) is 0. The molecule has 4 aliphatic rings.